The first-order valence-corrected chi connectivity index (χ1v) is 9.10. The number of nitrogens with one attached hydrogen (secondary N) is 1. The highest BCUT2D eigenvalue weighted by Gasteiger charge is 2.63. The van der Waals surface area contributed by atoms with E-state index in [1.54, 1.807) is 0 Å². The van der Waals surface area contributed by atoms with E-state index >= 15 is 0 Å². The lowest BCUT2D eigenvalue weighted by atomic mass is 9.93. The van der Waals surface area contributed by atoms with Crippen molar-refractivity contribution in [2.75, 3.05) is 32.8 Å². The minimum absolute atomic E-state index is 0.126. The Labute approximate surface area is 124 Å². The molecule has 2 saturated carbocycles. The van der Waals surface area contributed by atoms with Crippen molar-refractivity contribution in [1.29, 1.82) is 0 Å². The van der Waals surface area contributed by atoms with Gasteiger partial charge in [0.15, 0.2) is 0 Å². The van der Waals surface area contributed by atoms with Crippen LogP contribution in [0.25, 0.3) is 0 Å². The van der Waals surface area contributed by atoms with Gasteiger partial charge in [0, 0.05) is 13.1 Å². The summed E-state index contributed by atoms with van der Waals surface area (Å²) >= 11 is 0. The second-order valence-electron chi connectivity index (χ2n) is 6.47. The summed E-state index contributed by atoms with van der Waals surface area (Å²) in [7, 11) is -3.20. The van der Waals surface area contributed by atoms with E-state index in [1.165, 1.54) is 0 Å². The number of esters is 1. The number of fused-ring (bicyclic) bond motifs is 1. The topological polar surface area (TPSA) is 84.9 Å². The molecule has 0 amide bonds. The third kappa shape index (κ3) is 2.28. The Kier molecular flexibility index (Phi) is 3.25. The van der Waals surface area contributed by atoms with Gasteiger partial charge in [-0.1, -0.05) is 0 Å². The van der Waals surface area contributed by atoms with Crippen LogP contribution in [0.2, 0.25) is 0 Å². The van der Waals surface area contributed by atoms with Gasteiger partial charge in [0.2, 0.25) is 10.0 Å². The van der Waals surface area contributed by atoms with Crippen LogP contribution in [0.3, 0.4) is 0 Å². The molecule has 2 bridgehead atoms. The number of hydrogen-bond acceptors (Lipinski definition) is 6. The van der Waals surface area contributed by atoms with Crippen LogP contribution in [0.15, 0.2) is 0 Å². The van der Waals surface area contributed by atoms with Gasteiger partial charge in [-0.15, -0.1) is 0 Å². The van der Waals surface area contributed by atoms with E-state index in [1.807, 2.05) is 4.90 Å². The molecule has 2 saturated heterocycles. The Hall–Kier alpha value is -0.700. The molecule has 4 fully saturated rings. The zero-order valence-corrected chi connectivity index (χ0v) is 12.5. The Morgan fingerprint density at radius 2 is 2.05 bits per heavy atom. The van der Waals surface area contributed by atoms with E-state index in [2.05, 4.69) is 4.72 Å². The molecular formula is C13H20N2O5S. The van der Waals surface area contributed by atoms with Gasteiger partial charge in [-0.05, 0) is 24.7 Å². The van der Waals surface area contributed by atoms with E-state index in [0.29, 0.717) is 19.6 Å². The number of nitrogens with zero attached hydrogens (tertiary/aromatic N) is 1. The maximum atomic E-state index is 12.1. The lowest BCUT2D eigenvalue weighted by Gasteiger charge is -2.29. The van der Waals surface area contributed by atoms with Crippen LogP contribution in [-0.4, -0.2) is 69.5 Å². The summed E-state index contributed by atoms with van der Waals surface area (Å²) in [4.78, 5) is 14.1. The molecule has 2 aliphatic heterocycles. The van der Waals surface area contributed by atoms with Gasteiger partial charge >= 0.3 is 5.97 Å². The Morgan fingerprint density at radius 1 is 1.29 bits per heavy atom. The predicted octanol–water partition coefficient (Wildman–Crippen LogP) is -1.06. The summed E-state index contributed by atoms with van der Waals surface area (Å²) in [5.41, 5.74) is 0. The normalized spacial score (nSPS) is 44.1. The summed E-state index contributed by atoms with van der Waals surface area (Å²) in [5, 5.41) is -0.262. The maximum Gasteiger partial charge on any atom is 0.320 e. The quantitative estimate of drug-likeness (QED) is 0.668. The summed E-state index contributed by atoms with van der Waals surface area (Å²) in [6.07, 6.45) is 1.21. The van der Waals surface area contributed by atoms with Crippen molar-refractivity contribution in [3.63, 3.8) is 0 Å². The molecule has 1 N–H and O–H groups in total. The predicted molar refractivity (Wildman–Crippen MR) is 73.0 cm³/mol. The number of rotatable bonds is 3. The van der Waals surface area contributed by atoms with Gasteiger partial charge < -0.3 is 9.47 Å². The van der Waals surface area contributed by atoms with Crippen molar-refractivity contribution in [3.8, 4) is 0 Å². The standard InChI is InChI=1S/C13H20N2O5S/c16-11(7-15-1-3-19-4-2-15)20-13-8-5-9-10(6-8)21(17,18)14-12(9)13/h8-10,12-14H,1-7H2. The smallest absolute Gasteiger partial charge is 0.320 e. The van der Waals surface area contributed by atoms with Gasteiger partial charge in [0.25, 0.3) is 0 Å². The second kappa shape index (κ2) is 4.91. The molecule has 0 aromatic carbocycles. The van der Waals surface area contributed by atoms with Crippen LogP contribution in [0, 0.1) is 11.8 Å². The minimum atomic E-state index is -3.20. The molecule has 118 valence electrons. The molecule has 5 atom stereocenters. The van der Waals surface area contributed by atoms with Crippen LogP contribution in [0.4, 0.5) is 0 Å². The van der Waals surface area contributed by atoms with E-state index < -0.39 is 10.0 Å². The Balaban J connectivity index is 1.39. The molecular weight excluding hydrogens is 296 g/mol. The summed E-state index contributed by atoms with van der Waals surface area (Å²) in [6.45, 7) is 3.03. The van der Waals surface area contributed by atoms with E-state index in [9.17, 15) is 13.2 Å². The molecule has 7 nitrogen and oxygen atoms in total. The fourth-order valence-corrected chi connectivity index (χ4v) is 6.45. The fourth-order valence-electron chi connectivity index (χ4n) is 4.34. The molecule has 2 aliphatic carbocycles. The zero-order chi connectivity index (χ0) is 14.6. The zero-order valence-electron chi connectivity index (χ0n) is 11.7. The number of sulfonamides is 1. The van der Waals surface area contributed by atoms with E-state index in [0.717, 1.165) is 19.5 Å². The highest BCUT2D eigenvalue weighted by Crippen LogP contribution is 2.52. The molecule has 0 spiro atoms. The first kappa shape index (κ1) is 13.9. The maximum absolute atomic E-state index is 12.1. The average Bonchev–Trinajstić information content (AvgIpc) is 3.04. The average molecular weight is 316 g/mol. The van der Waals surface area contributed by atoms with Crippen molar-refractivity contribution < 1.29 is 22.7 Å². The van der Waals surface area contributed by atoms with E-state index in [4.69, 9.17) is 9.47 Å². The van der Waals surface area contributed by atoms with Crippen molar-refractivity contribution in [2.24, 2.45) is 11.8 Å². The van der Waals surface area contributed by atoms with Crippen molar-refractivity contribution >= 4 is 16.0 Å². The molecule has 8 heteroatoms. The van der Waals surface area contributed by atoms with Crippen LogP contribution < -0.4 is 4.72 Å². The Bertz CT molecular complexity index is 545. The van der Waals surface area contributed by atoms with Gasteiger partial charge in [-0.2, -0.15) is 0 Å². The fraction of sp³-hybridized carbons (Fsp3) is 0.923. The first-order valence-electron chi connectivity index (χ1n) is 7.55. The number of morpholine rings is 1. The third-order valence-corrected chi connectivity index (χ3v) is 7.23. The van der Waals surface area contributed by atoms with Gasteiger partial charge in [0.05, 0.1) is 31.1 Å². The van der Waals surface area contributed by atoms with Crippen molar-refractivity contribution in [2.45, 2.75) is 30.2 Å². The molecule has 0 radical (unpaired) electrons. The third-order valence-electron chi connectivity index (χ3n) is 5.29. The molecule has 0 aromatic rings. The number of hydrogen-bond donors (Lipinski definition) is 1. The molecule has 0 aromatic heterocycles. The van der Waals surface area contributed by atoms with Gasteiger partial charge in [-0.3, -0.25) is 9.69 Å². The molecule has 21 heavy (non-hydrogen) atoms. The first-order chi connectivity index (χ1) is 10.0. The monoisotopic (exact) mass is 316 g/mol. The Morgan fingerprint density at radius 3 is 2.81 bits per heavy atom. The van der Waals surface area contributed by atoms with Crippen molar-refractivity contribution in [1.82, 2.24) is 9.62 Å². The van der Waals surface area contributed by atoms with Crippen molar-refractivity contribution in [3.05, 3.63) is 0 Å². The summed E-state index contributed by atoms with van der Waals surface area (Å²) < 4.78 is 37.5. The minimum Gasteiger partial charge on any atom is -0.459 e. The van der Waals surface area contributed by atoms with Gasteiger partial charge in [-0.25, -0.2) is 13.1 Å². The van der Waals surface area contributed by atoms with Crippen LogP contribution in [0.1, 0.15) is 12.8 Å². The number of carbonyl (C=O) groups excluding carboxylic acids is 1. The lowest BCUT2D eigenvalue weighted by molar-refractivity contribution is -0.154. The molecule has 5 unspecified atom stereocenters. The number of carbonyl (C=O) groups is 1. The highest BCUT2D eigenvalue weighted by molar-refractivity contribution is 7.90. The SMILES string of the molecule is O=C(CN1CCOCC1)OC1C2CC3C1NS(=O)(=O)C3C2. The summed E-state index contributed by atoms with van der Waals surface area (Å²) in [5.74, 6) is 0.0710. The van der Waals surface area contributed by atoms with Gasteiger partial charge in [0.1, 0.15) is 6.10 Å². The number of ether oxygens (including phenoxy) is 2. The lowest BCUT2D eigenvalue weighted by Crippen LogP contribution is -2.45. The van der Waals surface area contributed by atoms with Crippen LogP contribution in [0.5, 0.6) is 0 Å². The largest absolute Gasteiger partial charge is 0.459 e. The van der Waals surface area contributed by atoms with Crippen LogP contribution in [-0.2, 0) is 24.3 Å². The molecule has 2 heterocycles. The van der Waals surface area contributed by atoms with E-state index in [-0.39, 0.29) is 41.7 Å². The second-order valence-corrected chi connectivity index (χ2v) is 8.40. The molecule has 4 rings (SSSR count). The highest BCUT2D eigenvalue weighted by atomic mass is 32.2. The molecule has 4 aliphatic rings. The summed E-state index contributed by atoms with van der Waals surface area (Å²) in [6, 6.07) is -0.201. The van der Waals surface area contributed by atoms with Crippen LogP contribution >= 0.6 is 0 Å².